The summed E-state index contributed by atoms with van der Waals surface area (Å²) in [6.07, 6.45) is 3.19. The quantitative estimate of drug-likeness (QED) is 0.472. The van der Waals surface area contributed by atoms with Crippen LogP contribution in [-0.4, -0.2) is 40.4 Å². The van der Waals surface area contributed by atoms with Crippen molar-refractivity contribution in [1.29, 1.82) is 0 Å². The van der Waals surface area contributed by atoms with Crippen LogP contribution in [0, 0.1) is 0 Å². The lowest BCUT2D eigenvalue weighted by Gasteiger charge is -2.13. The van der Waals surface area contributed by atoms with Crippen molar-refractivity contribution in [2.75, 3.05) is 12.4 Å². The van der Waals surface area contributed by atoms with Gasteiger partial charge in [-0.2, -0.15) is 0 Å². The highest BCUT2D eigenvalue weighted by Crippen LogP contribution is 2.27. The van der Waals surface area contributed by atoms with Gasteiger partial charge in [-0.3, -0.25) is 4.40 Å². The van der Waals surface area contributed by atoms with Crippen molar-refractivity contribution in [2.24, 2.45) is 0 Å². The molecule has 9 heteroatoms. The lowest BCUT2D eigenvalue weighted by molar-refractivity contribution is 0.410. The lowest BCUT2D eigenvalue weighted by atomic mass is 10.1. The van der Waals surface area contributed by atoms with Gasteiger partial charge in [-0.05, 0) is 44.2 Å². The number of aromatic nitrogens is 4. The van der Waals surface area contributed by atoms with E-state index in [1.165, 1.54) is 6.07 Å². The van der Waals surface area contributed by atoms with Crippen molar-refractivity contribution in [3.05, 3.63) is 66.6 Å². The molecule has 0 aliphatic rings. The molecule has 1 N–H and O–H groups in total. The monoisotopic (exact) mass is 437 g/mol. The predicted octanol–water partition coefficient (Wildman–Crippen LogP) is 3.59. The van der Waals surface area contributed by atoms with Crippen LogP contribution in [0.15, 0.2) is 66.1 Å². The Bertz CT molecular complexity index is 1310. The molecule has 31 heavy (non-hydrogen) atoms. The predicted molar refractivity (Wildman–Crippen MR) is 119 cm³/mol. The van der Waals surface area contributed by atoms with Gasteiger partial charge in [-0.1, -0.05) is 18.2 Å². The first-order valence-electron chi connectivity index (χ1n) is 9.80. The minimum absolute atomic E-state index is 0.0684. The number of pyridine rings is 2. The summed E-state index contributed by atoms with van der Waals surface area (Å²) in [6, 6.07) is 14.9. The molecule has 0 fully saturated rings. The smallest absolute Gasteiger partial charge is 0.197 e. The molecule has 4 aromatic rings. The van der Waals surface area contributed by atoms with Crippen LogP contribution >= 0.6 is 0 Å². The Balaban J connectivity index is 1.64. The maximum Gasteiger partial charge on any atom is 0.197 e. The number of fused-ring (bicyclic) bond motifs is 1. The number of benzene rings is 1. The number of sulfone groups is 1. The van der Waals surface area contributed by atoms with Gasteiger partial charge in [0, 0.05) is 29.4 Å². The first-order valence-corrected chi connectivity index (χ1v) is 11.4. The first kappa shape index (κ1) is 20.8. The second kappa shape index (κ2) is 8.35. The number of rotatable bonds is 7. The van der Waals surface area contributed by atoms with E-state index in [1.807, 2.05) is 40.8 Å². The molecule has 8 nitrogen and oxygen atoms in total. The van der Waals surface area contributed by atoms with E-state index < -0.39 is 15.1 Å². The standard InChI is InChI=1S/C22H23N5O3S/c1-15(2)31(28,29)21-11-8-16(12-24-21)18-9-10-20(27-14-25-26-22(18)27)23-13-17-6-4-5-7-19(17)30-3/h4-12,14-15,23H,13H2,1-3H3. The van der Waals surface area contributed by atoms with E-state index in [4.69, 9.17) is 4.74 Å². The lowest BCUT2D eigenvalue weighted by Crippen LogP contribution is -2.15. The molecule has 0 saturated carbocycles. The number of ether oxygens (including phenoxy) is 1. The Hall–Kier alpha value is -3.46. The number of anilines is 1. The van der Waals surface area contributed by atoms with Gasteiger partial charge in [0.2, 0.25) is 0 Å². The van der Waals surface area contributed by atoms with Crippen LogP contribution in [0.3, 0.4) is 0 Å². The van der Waals surface area contributed by atoms with Gasteiger partial charge in [0.05, 0.1) is 12.4 Å². The molecule has 0 unspecified atom stereocenters. The van der Waals surface area contributed by atoms with E-state index in [0.29, 0.717) is 12.2 Å². The fourth-order valence-electron chi connectivity index (χ4n) is 3.27. The number of nitrogens with zero attached hydrogens (tertiary/aromatic N) is 4. The minimum Gasteiger partial charge on any atom is -0.496 e. The zero-order chi connectivity index (χ0) is 22.0. The van der Waals surface area contributed by atoms with Gasteiger partial charge in [-0.15, -0.1) is 10.2 Å². The van der Waals surface area contributed by atoms with Crippen LogP contribution in [-0.2, 0) is 16.4 Å². The van der Waals surface area contributed by atoms with Crippen LogP contribution in [0.1, 0.15) is 19.4 Å². The third-order valence-corrected chi connectivity index (χ3v) is 7.13. The van der Waals surface area contributed by atoms with Gasteiger partial charge in [0.25, 0.3) is 0 Å². The van der Waals surface area contributed by atoms with E-state index in [2.05, 4.69) is 20.5 Å². The van der Waals surface area contributed by atoms with Gasteiger partial charge >= 0.3 is 0 Å². The summed E-state index contributed by atoms with van der Waals surface area (Å²) in [4.78, 5) is 4.18. The number of hydrogen-bond donors (Lipinski definition) is 1. The van der Waals surface area contributed by atoms with Crippen molar-refractivity contribution < 1.29 is 13.2 Å². The van der Waals surface area contributed by atoms with Gasteiger partial charge in [0.15, 0.2) is 20.5 Å². The highest BCUT2D eigenvalue weighted by Gasteiger charge is 2.21. The molecule has 3 heterocycles. The maximum atomic E-state index is 12.3. The third kappa shape index (κ3) is 3.96. The van der Waals surface area contributed by atoms with Gasteiger partial charge in [-0.25, -0.2) is 13.4 Å². The van der Waals surface area contributed by atoms with E-state index >= 15 is 0 Å². The number of para-hydroxylation sites is 1. The average Bonchev–Trinajstić information content (AvgIpc) is 3.28. The van der Waals surface area contributed by atoms with Crippen LogP contribution in [0.5, 0.6) is 5.75 Å². The van der Waals surface area contributed by atoms with Crippen LogP contribution < -0.4 is 10.1 Å². The van der Waals surface area contributed by atoms with Gasteiger partial charge in [0.1, 0.15) is 17.9 Å². The minimum atomic E-state index is -3.42. The van der Waals surface area contributed by atoms with Crippen LogP contribution in [0.2, 0.25) is 0 Å². The first-order chi connectivity index (χ1) is 14.9. The Morgan fingerprint density at radius 2 is 1.90 bits per heavy atom. The van der Waals surface area contributed by atoms with E-state index in [9.17, 15) is 8.42 Å². The van der Waals surface area contributed by atoms with Crippen molar-refractivity contribution in [2.45, 2.75) is 30.7 Å². The molecule has 1 aromatic carbocycles. The topological polar surface area (TPSA) is 98.5 Å². The highest BCUT2D eigenvalue weighted by molar-refractivity contribution is 7.91. The Morgan fingerprint density at radius 3 is 2.61 bits per heavy atom. The Labute approximate surface area is 180 Å². The maximum absolute atomic E-state index is 12.3. The average molecular weight is 438 g/mol. The van der Waals surface area contributed by atoms with Crippen molar-refractivity contribution in [3.8, 4) is 16.9 Å². The molecule has 0 bridgehead atoms. The normalized spacial score (nSPS) is 11.7. The fourth-order valence-corrected chi connectivity index (χ4v) is 4.21. The van der Waals surface area contributed by atoms with Crippen LogP contribution in [0.4, 0.5) is 5.82 Å². The van der Waals surface area contributed by atoms with E-state index in [0.717, 1.165) is 28.3 Å². The molecule has 0 aliphatic heterocycles. The SMILES string of the molecule is COc1ccccc1CNc1ccc(-c2ccc(S(=O)(=O)C(C)C)nc2)c2nncn12. The summed E-state index contributed by atoms with van der Waals surface area (Å²) in [5.74, 6) is 1.63. The second-order valence-electron chi connectivity index (χ2n) is 7.30. The van der Waals surface area contributed by atoms with Crippen molar-refractivity contribution >= 4 is 21.3 Å². The van der Waals surface area contributed by atoms with Crippen molar-refractivity contribution in [3.63, 3.8) is 0 Å². The number of methoxy groups -OCH3 is 1. The molecule has 0 aliphatic carbocycles. The summed E-state index contributed by atoms with van der Waals surface area (Å²) < 4.78 is 31.9. The summed E-state index contributed by atoms with van der Waals surface area (Å²) >= 11 is 0. The summed E-state index contributed by atoms with van der Waals surface area (Å²) in [7, 11) is -1.77. The van der Waals surface area contributed by atoms with E-state index in [-0.39, 0.29) is 5.03 Å². The molecule has 0 atom stereocenters. The largest absolute Gasteiger partial charge is 0.496 e. The highest BCUT2D eigenvalue weighted by atomic mass is 32.2. The zero-order valence-electron chi connectivity index (χ0n) is 17.5. The van der Waals surface area contributed by atoms with E-state index in [1.54, 1.807) is 39.5 Å². The Kier molecular flexibility index (Phi) is 5.60. The molecule has 0 radical (unpaired) electrons. The molecule has 3 aromatic heterocycles. The third-order valence-electron chi connectivity index (χ3n) is 5.07. The summed E-state index contributed by atoms with van der Waals surface area (Å²) in [5.41, 5.74) is 3.24. The number of nitrogens with one attached hydrogen (secondary N) is 1. The molecule has 160 valence electrons. The fraction of sp³-hybridized carbons (Fsp3) is 0.227. The molecule has 0 amide bonds. The number of hydrogen-bond acceptors (Lipinski definition) is 7. The summed E-state index contributed by atoms with van der Waals surface area (Å²) in [6.45, 7) is 3.85. The Morgan fingerprint density at radius 1 is 1.10 bits per heavy atom. The second-order valence-corrected chi connectivity index (χ2v) is 9.75. The molecule has 0 spiro atoms. The van der Waals surface area contributed by atoms with Crippen LogP contribution in [0.25, 0.3) is 16.8 Å². The van der Waals surface area contributed by atoms with Crippen molar-refractivity contribution in [1.82, 2.24) is 19.6 Å². The zero-order valence-corrected chi connectivity index (χ0v) is 18.3. The molecular formula is C22H23N5O3S. The molecule has 0 saturated heterocycles. The molecule has 4 rings (SSSR count). The summed E-state index contributed by atoms with van der Waals surface area (Å²) in [5, 5.41) is 11.2. The molecular weight excluding hydrogens is 414 g/mol. The van der Waals surface area contributed by atoms with Gasteiger partial charge < -0.3 is 10.1 Å².